The standard InChI is InChI=1S/C12H17BrClN/c1-8(2)11(9(3)13)6-10-4-5-15-7-12(10)14/h4-5,7-9,11H,6H2,1-3H3. The van der Waals surface area contributed by atoms with Crippen LogP contribution in [0, 0.1) is 11.8 Å². The first kappa shape index (κ1) is 13.0. The van der Waals surface area contributed by atoms with Crippen molar-refractivity contribution in [3.8, 4) is 0 Å². The Hall–Kier alpha value is -0.0800. The molecule has 2 unspecified atom stereocenters. The third-order valence-corrected chi connectivity index (χ3v) is 3.78. The van der Waals surface area contributed by atoms with Gasteiger partial charge in [0.1, 0.15) is 0 Å². The van der Waals surface area contributed by atoms with Gasteiger partial charge in [0, 0.05) is 17.2 Å². The Bertz CT molecular complexity index is 304. The monoisotopic (exact) mass is 289 g/mol. The highest BCUT2D eigenvalue weighted by atomic mass is 79.9. The predicted octanol–water partition coefficient (Wildman–Crippen LogP) is 4.33. The molecule has 0 aromatic carbocycles. The molecular formula is C12H17BrClN. The van der Waals surface area contributed by atoms with Crippen LogP contribution in [0.4, 0.5) is 0 Å². The lowest BCUT2D eigenvalue weighted by molar-refractivity contribution is 0.384. The van der Waals surface area contributed by atoms with Crippen LogP contribution < -0.4 is 0 Å². The van der Waals surface area contributed by atoms with Gasteiger partial charge in [-0.15, -0.1) is 0 Å². The Morgan fingerprint density at radius 1 is 1.40 bits per heavy atom. The van der Waals surface area contributed by atoms with Gasteiger partial charge >= 0.3 is 0 Å². The lowest BCUT2D eigenvalue weighted by Crippen LogP contribution is -2.20. The molecule has 1 nitrogen and oxygen atoms in total. The minimum atomic E-state index is 0.502. The van der Waals surface area contributed by atoms with E-state index in [2.05, 4.69) is 41.7 Å². The van der Waals surface area contributed by atoms with E-state index in [1.54, 1.807) is 12.4 Å². The topological polar surface area (TPSA) is 12.9 Å². The fourth-order valence-corrected chi connectivity index (χ4v) is 2.75. The first-order valence-electron chi connectivity index (χ1n) is 5.24. The zero-order valence-corrected chi connectivity index (χ0v) is 11.7. The fourth-order valence-electron chi connectivity index (χ4n) is 1.75. The van der Waals surface area contributed by atoms with Gasteiger partial charge in [0.05, 0.1) is 5.02 Å². The van der Waals surface area contributed by atoms with Crippen molar-refractivity contribution in [3.63, 3.8) is 0 Å². The smallest absolute Gasteiger partial charge is 0.0621 e. The number of pyridine rings is 1. The highest BCUT2D eigenvalue weighted by Gasteiger charge is 2.20. The fraction of sp³-hybridized carbons (Fsp3) is 0.583. The molecule has 15 heavy (non-hydrogen) atoms. The van der Waals surface area contributed by atoms with Crippen molar-refractivity contribution in [2.24, 2.45) is 11.8 Å². The molecule has 1 aromatic heterocycles. The molecule has 0 aliphatic carbocycles. The second kappa shape index (κ2) is 5.86. The Morgan fingerprint density at radius 2 is 2.07 bits per heavy atom. The van der Waals surface area contributed by atoms with E-state index in [-0.39, 0.29) is 0 Å². The molecule has 0 bridgehead atoms. The van der Waals surface area contributed by atoms with E-state index in [1.165, 1.54) is 5.56 Å². The first-order chi connectivity index (χ1) is 7.02. The van der Waals surface area contributed by atoms with Crippen LogP contribution in [0.15, 0.2) is 18.5 Å². The number of alkyl halides is 1. The van der Waals surface area contributed by atoms with Crippen LogP contribution in [-0.4, -0.2) is 9.81 Å². The molecule has 0 fully saturated rings. The average Bonchev–Trinajstić information content (AvgIpc) is 2.15. The van der Waals surface area contributed by atoms with Crippen LogP contribution in [0.2, 0.25) is 5.02 Å². The number of hydrogen-bond acceptors (Lipinski definition) is 1. The summed E-state index contributed by atoms with van der Waals surface area (Å²) in [7, 11) is 0. The van der Waals surface area contributed by atoms with Gasteiger partial charge < -0.3 is 0 Å². The summed E-state index contributed by atoms with van der Waals surface area (Å²) in [6, 6.07) is 2.01. The lowest BCUT2D eigenvalue weighted by Gasteiger charge is -2.23. The van der Waals surface area contributed by atoms with Crippen molar-refractivity contribution < 1.29 is 0 Å². The molecule has 0 saturated carbocycles. The Kier molecular flexibility index (Phi) is 5.07. The molecule has 0 N–H and O–H groups in total. The van der Waals surface area contributed by atoms with Gasteiger partial charge in [-0.1, -0.05) is 48.3 Å². The van der Waals surface area contributed by atoms with E-state index in [0.717, 1.165) is 11.4 Å². The van der Waals surface area contributed by atoms with Crippen LogP contribution in [0.3, 0.4) is 0 Å². The summed E-state index contributed by atoms with van der Waals surface area (Å²) in [4.78, 5) is 4.50. The van der Waals surface area contributed by atoms with E-state index in [9.17, 15) is 0 Å². The van der Waals surface area contributed by atoms with E-state index < -0.39 is 0 Å². The summed E-state index contributed by atoms with van der Waals surface area (Å²) in [6.07, 6.45) is 4.52. The third kappa shape index (κ3) is 3.76. The maximum Gasteiger partial charge on any atom is 0.0621 e. The minimum Gasteiger partial charge on any atom is -0.263 e. The van der Waals surface area contributed by atoms with Crippen molar-refractivity contribution in [1.82, 2.24) is 4.98 Å². The molecule has 0 radical (unpaired) electrons. The highest BCUT2D eigenvalue weighted by Crippen LogP contribution is 2.27. The van der Waals surface area contributed by atoms with Crippen molar-refractivity contribution in [2.45, 2.75) is 32.0 Å². The van der Waals surface area contributed by atoms with E-state index in [4.69, 9.17) is 11.6 Å². The Labute approximate surface area is 105 Å². The summed E-state index contributed by atoms with van der Waals surface area (Å²) in [5, 5.41) is 0.774. The second-order valence-electron chi connectivity index (χ2n) is 4.26. The summed E-state index contributed by atoms with van der Waals surface area (Å²) < 4.78 is 0. The quantitative estimate of drug-likeness (QED) is 0.752. The lowest BCUT2D eigenvalue weighted by atomic mass is 9.87. The predicted molar refractivity (Wildman–Crippen MR) is 69.7 cm³/mol. The molecule has 3 heteroatoms. The van der Waals surface area contributed by atoms with Gasteiger partial charge in [-0.05, 0) is 29.9 Å². The van der Waals surface area contributed by atoms with Crippen molar-refractivity contribution in [2.75, 3.05) is 0 Å². The maximum atomic E-state index is 6.10. The molecule has 84 valence electrons. The normalized spacial score (nSPS) is 15.3. The molecule has 1 aromatic rings. The van der Waals surface area contributed by atoms with Gasteiger partial charge in [0.2, 0.25) is 0 Å². The van der Waals surface area contributed by atoms with Crippen molar-refractivity contribution in [1.29, 1.82) is 0 Å². The third-order valence-electron chi connectivity index (χ3n) is 2.76. The second-order valence-corrected chi connectivity index (χ2v) is 6.11. The molecule has 1 rings (SSSR count). The SMILES string of the molecule is CC(C)C(Cc1ccncc1Cl)C(C)Br. The zero-order chi connectivity index (χ0) is 11.4. The van der Waals surface area contributed by atoms with E-state index >= 15 is 0 Å². The number of nitrogens with zero attached hydrogens (tertiary/aromatic N) is 1. The number of rotatable bonds is 4. The summed E-state index contributed by atoms with van der Waals surface area (Å²) in [5.74, 6) is 1.24. The van der Waals surface area contributed by atoms with Gasteiger partial charge in [0.25, 0.3) is 0 Å². The van der Waals surface area contributed by atoms with E-state index in [1.807, 2.05) is 6.07 Å². The average molecular weight is 291 g/mol. The van der Waals surface area contributed by atoms with E-state index in [0.29, 0.717) is 16.7 Å². The molecule has 0 spiro atoms. The Balaban J connectivity index is 2.79. The number of halogens is 2. The molecule has 0 aliphatic rings. The molecule has 0 amide bonds. The van der Waals surface area contributed by atoms with Crippen LogP contribution >= 0.6 is 27.5 Å². The molecule has 0 saturated heterocycles. The maximum absolute atomic E-state index is 6.10. The minimum absolute atomic E-state index is 0.502. The molecular weight excluding hydrogens is 273 g/mol. The number of aromatic nitrogens is 1. The van der Waals surface area contributed by atoms with Gasteiger partial charge in [-0.2, -0.15) is 0 Å². The summed E-state index contributed by atoms with van der Waals surface area (Å²) in [6.45, 7) is 6.69. The van der Waals surface area contributed by atoms with Gasteiger partial charge in [-0.3, -0.25) is 4.98 Å². The molecule has 0 aliphatic heterocycles. The van der Waals surface area contributed by atoms with Crippen LogP contribution in [0.25, 0.3) is 0 Å². The Morgan fingerprint density at radius 3 is 2.53 bits per heavy atom. The van der Waals surface area contributed by atoms with Crippen LogP contribution in [0.5, 0.6) is 0 Å². The van der Waals surface area contributed by atoms with Crippen molar-refractivity contribution in [3.05, 3.63) is 29.0 Å². The van der Waals surface area contributed by atoms with Crippen LogP contribution in [-0.2, 0) is 6.42 Å². The summed E-state index contributed by atoms with van der Waals surface area (Å²) >= 11 is 9.76. The number of hydrogen-bond donors (Lipinski definition) is 0. The first-order valence-corrected chi connectivity index (χ1v) is 6.54. The summed E-state index contributed by atoms with van der Waals surface area (Å²) in [5.41, 5.74) is 1.19. The molecule has 2 atom stereocenters. The van der Waals surface area contributed by atoms with Gasteiger partial charge in [-0.25, -0.2) is 0 Å². The zero-order valence-electron chi connectivity index (χ0n) is 9.37. The van der Waals surface area contributed by atoms with Crippen molar-refractivity contribution >= 4 is 27.5 Å². The highest BCUT2D eigenvalue weighted by molar-refractivity contribution is 9.09. The van der Waals surface area contributed by atoms with Crippen LogP contribution in [0.1, 0.15) is 26.3 Å². The largest absolute Gasteiger partial charge is 0.263 e. The van der Waals surface area contributed by atoms with Gasteiger partial charge in [0.15, 0.2) is 0 Å². The molecule has 1 heterocycles.